The average molecular weight is 313 g/mol. The average Bonchev–Trinajstić information content (AvgIpc) is 2.67. The van der Waals surface area contributed by atoms with Gasteiger partial charge in [0.15, 0.2) is 0 Å². The van der Waals surface area contributed by atoms with Crippen LogP contribution in [0.25, 0.3) is 10.2 Å². The van der Waals surface area contributed by atoms with Gasteiger partial charge in [0.2, 0.25) is 0 Å². The van der Waals surface area contributed by atoms with E-state index in [2.05, 4.69) is 15.3 Å². The molecule has 2 rings (SSSR count). The summed E-state index contributed by atoms with van der Waals surface area (Å²) in [6, 6.07) is -0.0217. The number of rotatable bonds is 5. The molecule has 0 spiro atoms. The number of anilines is 1. The molecule has 0 saturated heterocycles. The normalized spacial score (nSPS) is 14.2. The Balaban J connectivity index is 2.43. The number of hydrogen-bond acceptors (Lipinski definition) is 6. The molecule has 6 nitrogen and oxygen atoms in total. The molecule has 2 heterocycles. The Morgan fingerprint density at radius 1 is 1.55 bits per heavy atom. The third kappa shape index (κ3) is 2.96. The van der Waals surface area contributed by atoms with Gasteiger partial charge < -0.3 is 10.4 Å². The van der Waals surface area contributed by atoms with Crippen LogP contribution in [-0.2, 0) is 10.8 Å². The van der Waals surface area contributed by atoms with Gasteiger partial charge in [0.05, 0.1) is 5.39 Å². The standard InChI is InChI=1S/C12H15N3O3S2/c1-6(4-20(3)18)15-10-8-7(2)9(12(16)17)19-11(8)14-5-13-10/h5-6H,4H2,1-3H3,(H,16,17)(H,13,14,15). The summed E-state index contributed by atoms with van der Waals surface area (Å²) in [6.07, 6.45) is 3.05. The molecule has 0 amide bonds. The van der Waals surface area contributed by atoms with E-state index in [1.54, 1.807) is 13.2 Å². The number of carbonyl (C=O) groups is 1. The highest BCUT2D eigenvalue weighted by molar-refractivity contribution is 7.84. The highest BCUT2D eigenvalue weighted by Gasteiger charge is 2.19. The van der Waals surface area contributed by atoms with Crippen LogP contribution in [0.3, 0.4) is 0 Å². The van der Waals surface area contributed by atoms with Crippen LogP contribution in [0, 0.1) is 6.92 Å². The van der Waals surface area contributed by atoms with Crippen molar-refractivity contribution in [2.24, 2.45) is 0 Å². The van der Waals surface area contributed by atoms with Crippen LogP contribution in [-0.4, -0.2) is 43.3 Å². The third-order valence-corrected chi connectivity index (χ3v) is 4.95. The predicted molar refractivity (Wildman–Crippen MR) is 81.1 cm³/mol. The van der Waals surface area contributed by atoms with Gasteiger partial charge in [-0.2, -0.15) is 0 Å². The van der Waals surface area contributed by atoms with E-state index in [1.165, 1.54) is 6.33 Å². The van der Waals surface area contributed by atoms with Gasteiger partial charge in [-0.15, -0.1) is 11.3 Å². The van der Waals surface area contributed by atoms with E-state index < -0.39 is 16.8 Å². The van der Waals surface area contributed by atoms with Gasteiger partial charge >= 0.3 is 5.97 Å². The maximum atomic E-state index is 11.2. The Morgan fingerprint density at radius 2 is 2.25 bits per heavy atom. The van der Waals surface area contributed by atoms with E-state index >= 15 is 0 Å². The van der Waals surface area contributed by atoms with Crippen molar-refractivity contribution >= 4 is 44.1 Å². The fourth-order valence-corrected chi connectivity index (χ4v) is 3.79. The Hall–Kier alpha value is -1.54. The molecule has 0 bridgehead atoms. The van der Waals surface area contributed by atoms with Gasteiger partial charge in [0.25, 0.3) is 0 Å². The second kappa shape index (κ2) is 5.84. The molecule has 20 heavy (non-hydrogen) atoms. The first-order valence-corrected chi connectivity index (χ1v) is 8.48. The number of fused-ring (bicyclic) bond motifs is 1. The molecular formula is C12H15N3O3S2. The summed E-state index contributed by atoms with van der Waals surface area (Å²) in [5.41, 5.74) is 0.658. The summed E-state index contributed by atoms with van der Waals surface area (Å²) >= 11 is 1.14. The number of carboxylic acid groups (broad SMARTS) is 1. The molecule has 2 unspecified atom stereocenters. The van der Waals surface area contributed by atoms with Crippen molar-refractivity contribution in [1.82, 2.24) is 9.97 Å². The summed E-state index contributed by atoms with van der Waals surface area (Å²) in [7, 11) is -0.908. The van der Waals surface area contributed by atoms with E-state index in [-0.39, 0.29) is 10.9 Å². The molecule has 0 fully saturated rings. The molecule has 0 radical (unpaired) electrons. The number of aromatic nitrogens is 2. The maximum absolute atomic E-state index is 11.2. The van der Waals surface area contributed by atoms with E-state index in [9.17, 15) is 9.00 Å². The van der Waals surface area contributed by atoms with Gasteiger partial charge in [-0.25, -0.2) is 14.8 Å². The second-order valence-corrected chi connectivity index (χ2v) is 7.03. The van der Waals surface area contributed by atoms with Gasteiger partial charge in [-0.1, -0.05) is 0 Å². The first-order valence-electron chi connectivity index (χ1n) is 5.94. The van der Waals surface area contributed by atoms with Crippen LogP contribution < -0.4 is 5.32 Å². The highest BCUT2D eigenvalue weighted by Crippen LogP contribution is 2.33. The van der Waals surface area contributed by atoms with E-state index in [1.807, 2.05) is 6.92 Å². The summed E-state index contributed by atoms with van der Waals surface area (Å²) in [6.45, 7) is 3.66. The minimum absolute atomic E-state index is 0.0217. The summed E-state index contributed by atoms with van der Waals surface area (Å²) in [4.78, 5) is 20.4. The molecule has 2 N–H and O–H groups in total. The van der Waals surface area contributed by atoms with Crippen LogP contribution in [0.4, 0.5) is 5.82 Å². The topological polar surface area (TPSA) is 92.2 Å². The van der Waals surface area contributed by atoms with Gasteiger partial charge in [-0.05, 0) is 19.4 Å². The van der Waals surface area contributed by atoms with Crippen molar-refractivity contribution in [2.45, 2.75) is 19.9 Å². The zero-order chi connectivity index (χ0) is 14.9. The summed E-state index contributed by atoms with van der Waals surface area (Å²) < 4.78 is 11.2. The Morgan fingerprint density at radius 3 is 2.85 bits per heavy atom. The Labute approximate surface area is 122 Å². The first kappa shape index (κ1) is 14.9. The lowest BCUT2D eigenvalue weighted by Gasteiger charge is -2.13. The number of hydrogen-bond donors (Lipinski definition) is 2. The van der Waals surface area contributed by atoms with Gasteiger partial charge in [0.1, 0.15) is 21.9 Å². The third-order valence-electron chi connectivity index (χ3n) is 2.79. The quantitative estimate of drug-likeness (QED) is 0.875. The summed E-state index contributed by atoms with van der Waals surface area (Å²) in [5.74, 6) is 0.133. The highest BCUT2D eigenvalue weighted by atomic mass is 32.2. The maximum Gasteiger partial charge on any atom is 0.346 e. The van der Waals surface area contributed by atoms with Crippen LogP contribution in [0.1, 0.15) is 22.2 Å². The van der Waals surface area contributed by atoms with Crippen molar-refractivity contribution in [3.05, 3.63) is 16.8 Å². The number of thiophene rings is 1. The molecule has 0 saturated carbocycles. The molecular weight excluding hydrogens is 298 g/mol. The van der Waals surface area contributed by atoms with Crippen LogP contribution in [0.15, 0.2) is 6.33 Å². The van der Waals surface area contributed by atoms with E-state index in [4.69, 9.17) is 5.11 Å². The zero-order valence-electron chi connectivity index (χ0n) is 11.3. The minimum atomic E-state index is -0.959. The van der Waals surface area contributed by atoms with E-state index in [0.29, 0.717) is 22.0 Å². The fourth-order valence-electron chi connectivity index (χ4n) is 2.01. The van der Waals surface area contributed by atoms with Gasteiger partial charge in [0, 0.05) is 28.9 Å². The minimum Gasteiger partial charge on any atom is -0.477 e. The van der Waals surface area contributed by atoms with Crippen molar-refractivity contribution in [3.8, 4) is 0 Å². The lowest BCUT2D eigenvalue weighted by molar-refractivity contribution is 0.0701. The smallest absolute Gasteiger partial charge is 0.346 e. The molecule has 8 heteroatoms. The molecule has 0 aliphatic rings. The lowest BCUT2D eigenvalue weighted by atomic mass is 10.2. The first-order chi connectivity index (χ1) is 9.40. The molecule has 0 aromatic carbocycles. The fraction of sp³-hybridized carbons (Fsp3) is 0.417. The number of nitrogens with zero attached hydrogens (tertiary/aromatic N) is 2. The number of carboxylic acids is 1. The molecule has 0 aliphatic carbocycles. The largest absolute Gasteiger partial charge is 0.477 e. The number of nitrogens with one attached hydrogen (secondary N) is 1. The van der Waals surface area contributed by atoms with Gasteiger partial charge in [-0.3, -0.25) is 4.21 Å². The van der Waals surface area contributed by atoms with Crippen molar-refractivity contribution < 1.29 is 14.1 Å². The molecule has 2 atom stereocenters. The molecule has 2 aromatic heterocycles. The molecule has 108 valence electrons. The second-order valence-electron chi connectivity index (χ2n) is 4.55. The zero-order valence-corrected chi connectivity index (χ0v) is 13.0. The summed E-state index contributed by atoms with van der Waals surface area (Å²) in [5, 5.41) is 13.1. The SMILES string of the molecule is Cc1c(C(=O)O)sc2ncnc(NC(C)CS(C)=O)c12. The van der Waals surface area contributed by atoms with E-state index in [0.717, 1.165) is 16.7 Å². The Bertz CT molecular complexity index is 684. The van der Waals surface area contributed by atoms with Crippen molar-refractivity contribution in [2.75, 3.05) is 17.3 Å². The monoisotopic (exact) mass is 313 g/mol. The van der Waals surface area contributed by atoms with Crippen LogP contribution in [0.2, 0.25) is 0 Å². The van der Waals surface area contributed by atoms with Crippen LogP contribution >= 0.6 is 11.3 Å². The Kier molecular flexibility index (Phi) is 4.34. The molecule has 2 aromatic rings. The van der Waals surface area contributed by atoms with Crippen molar-refractivity contribution in [1.29, 1.82) is 0 Å². The lowest BCUT2D eigenvalue weighted by Crippen LogP contribution is -2.23. The predicted octanol–water partition coefficient (Wildman–Crippen LogP) is 1.88. The number of aromatic carboxylic acids is 1. The van der Waals surface area contributed by atoms with Crippen molar-refractivity contribution in [3.63, 3.8) is 0 Å². The molecule has 0 aliphatic heterocycles. The number of aryl methyl sites for hydroxylation is 1. The van der Waals surface area contributed by atoms with Crippen LogP contribution in [0.5, 0.6) is 0 Å².